The second-order valence-corrected chi connectivity index (χ2v) is 6.48. The lowest BCUT2D eigenvalue weighted by atomic mass is 10.1. The van der Waals surface area contributed by atoms with E-state index < -0.39 is 0 Å². The molecule has 0 radical (unpaired) electrons. The van der Waals surface area contributed by atoms with Crippen LogP contribution >= 0.6 is 0 Å². The molecule has 0 aliphatic carbocycles. The van der Waals surface area contributed by atoms with Gasteiger partial charge in [-0.25, -0.2) is 19.7 Å². The Morgan fingerprint density at radius 2 is 1.93 bits per heavy atom. The average Bonchev–Trinajstić information content (AvgIpc) is 3.16. The number of nitrogens with zero attached hydrogens (tertiary/aromatic N) is 5. The number of aromatic nitrogens is 5. The largest absolute Gasteiger partial charge is 0.338 e. The van der Waals surface area contributed by atoms with Crippen molar-refractivity contribution in [2.75, 3.05) is 11.9 Å². The van der Waals surface area contributed by atoms with Gasteiger partial charge >= 0.3 is 6.03 Å². The van der Waals surface area contributed by atoms with Crippen LogP contribution in [0, 0.1) is 0 Å². The van der Waals surface area contributed by atoms with Gasteiger partial charge in [-0.15, -0.1) is 0 Å². The topological polar surface area (TPSA) is 97.1 Å². The third-order valence-electron chi connectivity index (χ3n) is 4.49. The fourth-order valence-corrected chi connectivity index (χ4v) is 3.01. The molecule has 4 aromatic rings. The highest BCUT2D eigenvalue weighted by molar-refractivity contribution is 5.88. The van der Waals surface area contributed by atoms with Crippen molar-refractivity contribution in [2.24, 2.45) is 0 Å². The second kappa shape index (κ2) is 8.05. The van der Waals surface area contributed by atoms with Crippen molar-refractivity contribution in [1.29, 1.82) is 0 Å². The minimum atomic E-state index is -0.298. The van der Waals surface area contributed by atoms with Gasteiger partial charge in [-0.05, 0) is 42.7 Å². The van der Waals surface area contributed by atoms with Crippen LogP contribution in [0.15, 0.2) is 55.2 Å². The number of carbonyl (C=O) groups excluding carboxylic acids is 1. The maximum Gasteiger partial charge on any atom is 0.320 e. The zero-order valence-corrected chi connectivity index (χ0v) is 16.3. The predicted octanol–water partition coefficient (Wildman–Crippen LogP) is 3.56. The molecule has 0 aliphatic rings. The summed E-state index contributed by atoms with van der Waals surface area (Å²) in [5, 5.41) is 5.46. The number of urea groups is 1. The van der Waals surface area contributed by atoms with Crippen molar-refractivity contribution >= 4 is 17.5 Å². The number of carbonyl (C=O) groups is 1. The van der Waals surface area contributed by atoms with E-state index in [4.69, 9.17) is 0 Å². The number of anilines is 1. The van der Waals surface area contributed by atoms with Gasteiger partial charge in [-0.3, -0.25) is 14.7 Å². The number of rotatable bonds is 5. The first-order chi connectivity index (χ1) is 14.2. The summed E-state index contributed by atoms with van der Waals surface area (Å²) < 4.78 is 1.88. The fourth-order valence-electron chi connectivity index (χ4n) is 3.01. The number of hydrogen-bond donors (Lipinski definition) is 2. The normalized spacial score (nSPS) is 10.8. The van der Waals surface area contributed by atoms with Crippen LogP contribution in [0.25, 0.3) is 28.3 Å². The van der Waals surface area contributed by atoms with Gasteiger partial charge in [0.05, 0.1) is 11.9 Å². The molecule has 0 bridgehead atoms. The van der Waals surface area contributed by atoms with E-state index in [9.17, 15) is 4.79 Å². The summed E-state index contributed by atoms with van der Waals surface area (Å²) in [6.45, 7) is 4.46. The minimum Gasteiger partial charge on any atom is -0.338 e. The monoisotopic (exact) mass is 387 g/mol. The summed E-state index contributed by atoms with van der Waals surface area (Å²) in [4.78, 5) is 29.7. The second-order valence-electron chi connectivity index (χ2n) is 6.48. The molecule has 4 heterocycles. The maximum absolute atomic E-state index is 11.9. The molecule has 0 saturated carbocycles. The fraction of sp³-hybridized carbons (Fsp3) is 0.190. The number of fused-ring (bicyclic) bond motifs is 1. The van der Waals surface area contributed by atoms with Crippen LogP contribution in [0.4, 0.5) is 10.6 Å². The van der Waals surface area contributed by atoms with E-state index in [1.165, 1.54) is 0 Å². The molecule has 8 nitrogen and oxygen atoms in total. The van der Waals surface area contributed by atoms with Crippen LogP contribution in [0.5, 0.6) is 0 Å². The lowest BCUT2D eigenvalue weighted by Gasteiger charge is -2.08. The Kier molecular flexibility index (Phi) is 5.15. The third-order valence-corrected chi connectivity index (χ3v) is 4.49. The maximum atomic E-state index is 11.9. The summed E-state index contributed by atoms with van der Waals surface area (Å²) >= 11 is 0. The average molecular weight is 387 g/mol. The summed E-state index contributed by atoms with van der Waals surface area (Å²) in [6.07, 6.45) is 9.83. The molecule has 0 atom stereocenters. The van der Waals surface area contributed by atoms with E-state index in [2.05, 4.69) is 37.5 Å². The molecule has 0 aromatic carbocycles. The van der Waals surface area contributed by atoms with E-state index in [-0.39, 0.29) is 6.03 Å². The van der Waals surface area contributed by atoms with Crippen LogP contribution in [0.1, 0.15) is 19.4 Å². The molecule has 8 heteroatoms. The van der Waals surface area contributed by atoms with Crippen LogP contribution in [0.2, 0.25) is 0 Å². The Labute approximate surface area is 168 Å². The van der Waals surface area contributed by atoms with Gasteiger partial charge in [0.1, 0.15) is 5.65 Å². The summed E-state index contributed by atoms with van der Waals surface area (Å²) in [5.74, 6) is 1.03. The zero-order chi connectivity index (χ0) is 20.2. The zero-order valence-electron chi connectivity index (χ0n) is 16.3. The number of amides is 2. The van der Waals surface area contributed by atoms with Gasteiger partial charge in [0.15, 0.2) is 11.6 Å². The number of hydrogen-bond acceptors (Lipinski definition) is 5. The van der Waals surface area contributed by atoms with Crippen molar-refractivity contribution in [2.45, 2.75) is 20.3 Å². The van der Waals surface area contributed by atoms with Crippen molar-refractivity contribution in [1.82, 2.24) is 29.7 Å². The van der Waals surface area contributed by atoms with Crippen LogP contribution in [0.3, 0.4) is 0 Å². The highest BCUT2D eigenvalue weighted by atomic mass is 16.2. The first-order valence-electron chi connectivity index (χ1n) is 9.47. The van der Waals surface area contributed by atoms with Crippen LogP contribution in [-0.2, 0) is 6.42 Å². The smallest absolute Gasteiger partial charge is 0.320 e. The quantitative estimate of drug-likeness (QED) is 0.546. The molecule has 0 saturated heterocycles. The molecule has 2 amide bonds. The van der Waals surface area contributed by atoms with E-state index in [0.717, 1.165) is 28.8 Å². The predicted molar refractivity (Wildman–Crippen MR) is 112 cm³/mol. The van der Waals surface area contributed by atoms with Gasteiger partial charge in [0.2, 0.25) is 0 Å². The Balaban J connectivity index is 1.85. The summed E-state index contributed by atoms with van der Waals surface area (Å²) in [6, 6.07) is 7.53. The number of nitrogens with one attached hydrogen (secondary N) is 2. The molecular weight excluding hydrogens is 366 g/mol. The van der Waals surface area contributed by atoms with Crippen molar-refractivity contribution < 1.29 is 4.79 Å². The van der Waals surface area contributed by atoms with E-state index >= 15 is 0 Å². The first-order valence-corrected chi connectivity index (χ1v) is 9.47. The lowest BCUT2D eigenvalue weighted by molar-refractivity contribution is 0.252. The van der Waals surface area contributed by atoms with Gasteiger partial charge in [0.25, 0.3) is 0 Å². The molecule has 4 rings (SSSR count). The van der Waals surface area contributed by atoms with Gasteiger partial charge in [-0.1, -0.05) is 13.0 Å². The molecule has 0 unspecified atom stereocenters. The molecule has 4 aromatic heterocycles. The highest BCUT2D eigenvalue weighted by Gasteiger charge is 2.14. The standard InChI is InChI=1S/C21H21N7O/c1-3-14-10-24-20(25-11-14)17-8-16(15-6-5-7-22-12-15)9-19-26-18(13-28(17)19)27-21(29)23-4-2/h5-13H,3-4H2,1-2H3,(H2,23,27,29). The van der Waals surface area contributed by atoms with Crippen molar-refractivity contribution in [3.8, 4) is 22.6 Å². The van der Waals surface area contributed by atoms with Crippen LogP contribution < -0.4 is 10.6 Å². The van der Waals surface area contributed by atoms with Gasteiger partial charge < -0.3 is 5.32 Å². The molecule has 29 heavy (non-hydrogen) atoms. The SMILES string of the molecule is CCNC(=O)Nc1cn2c(-c3ncc(CC)cn3)cc(-c3cccnc3)cc2n1. The van der Waals surface area contributed by atoms with Crippen molar-refractivity contribution in [3.63, 3.8) is 0 Å². The van der Waals surface area contributed by atoms with E-state index in [1.807, 2.05) is 48.0 Å². The summed E-state index contributed by atoms with van der Waals surface area (Å²) in [5.41, 5.74) is 4.43. The number of imidazole rings is 1. The third kappa shape index (κ3) is 3.91. The highest BCUT2D eigenvalue weighted by Crippen LogP contribution is 2.27. The molecule has 0 fully saturated rings. The minimum absolute atomic E-state index is 0.298. The Bertz CT molecular complexity index is 1140. The Hall–Kier alpha value is -3.81. The molecule has 0 spiro atoms. The molecule has 0 aliphatic heterocycles. The van der Waals surface area contributed by atoms with E-state index in [1.54, 1.807) is 18.6 Å². The van der Waals surface area contributed by atoms with Crippen molar-refractivity contribution in [3.05, 3.63) is 60.8 Å². The van der Waals surface area contributed by atoms with Gasteiger partial charge in [-0.2, -0.15) is 0 Å². The summed E-state index contributed by atoms with van der Waals surface area (Å²) in [7, 11) is 0. The number of pyridine rings is 2. The molecular formula is C21H21N7O. The first kappa shape index (κ1) is 18.5. The molecule has 146 valence electrons. The Morgan fingerprint density at radius 1 is 1.10 bits per heavy atom. The van der Waals surface area contributed by atoms with E-state index in [0.29, 0.717) is 23.8 Å². The number of aryl methyl sites for hydroxylation is 1. The Morgan fingerprint density at radius 3 is 2.62 bits per heavy atom. The lowest BCUT2D eigenvalue weighted by Crippen LogP contribution is -2.28. The van der Waals surface area contributed by atoms with Gasteiger partial charge in [0, 0.05) is 36.9 Å². The van der Waals surface area contributed by atoms with Crippen LogP contribution in [-0.4, -0.2) is 36.9 Å². The molecule has 2 N–H and O–H groups in total.